The second kappa shape index (κ2) is 5.62. The molecule has 0 saturated heterocycles. The minimum atomic E-state index is -0.462. The first kappa shape index (κ1) is 15.2. The third-order valence-corrected chi connectivity index (χ3v) is 5.78. The Bertz CT molecular complexity index is 801. The molecule has 2 amide bonds. The van der Waals surface area contributed by atoms with Crippen molar-refractivity contribution in [1.82, 2.24) is 20.5 Å². The largest absolute Gasteiger partial charge is 0.339 e. The van der Waals surface area contributed by atoms with Gasteiger partial charge >= 0.3 is 0 Å². The number of aromatic nitrogens is 3. The first-order valence-electron chi connectivity index (χ1n) is 7.87. The molecule has 24 heavy (non-hydrogen) atoms. The molecule has 1 atom stereocenters. The van der Waals surface area contributed by atoms with E-state index in [4.69, 9.17) is 0 Å². The Morgan fingerprint density at radius 1 is 1.42 bits per heavy atom. The molecule has 0 bridgehead atoms. The molecule has 1 aromatic heterocycles. The monoisotopic (exact) mass is 343 g/mol. The van der Waals surface area contributed by atoms with Gasteiger partial charge in [-0.25, -0.2) is 4.98 Å². The van der Waals surface area contributed by atoms with Gasteiger partial charge in [-0.2, -0.15) is 5.10 Å². The maximum atomic E-state index is 12.7. The van der Waals surface area contributed by atoms with E-state index in [1.807, 2.05) is 13.0 Å². The maximum Gasteiger partial charge on any atom is 0.252 e. The zero-order valence-electron chi connectivity index (χ0n) is 13.1. The number of nitrogens with one attached hydrogen (secondary N) is 3. The minimum Gasteiger partial charge on any atom is -0.339 e. The number of hydrogen-bond acceptors (Lipinski definition) is 5. The molecule has 1 saturated carbocycles. The summed E-state index contributed by atoms with van der Waals surface area (Å²) in [6, 6.07) is 5.40. The summed E-state index contributed by atoms with van der Waals surface area (Å²) in [5.41, 5.74) is 0.754. The Kier molecular flexibility index (Phi) is 3.56. The minimum absolute atomic E-state index is 0.0396. The van der Waals surface area contributed by atoms with Gasteiger partial charge < -0.3 is 10.6 Å². The van der Waals surface area contributed by atoms with Crippen LogP contribution in [-0.4, -0.2) is 32.2 Å². The van der Waals surface area contributed by atoms with Gasteiger partial charge in [0, 0.05) is 10.5 Å². The third-order valence-electron chi connectivity index (χ3n) is 4.60. The van der Waals surface area contributed by atoms with Gasteiger partial charge in [0.05, 0.1) is 16.5 Å². The summed E-state index contributed by atoms with van der Waals surface area (Å²) < 4.78 is 0. The average Bonchev–Trinajstić information content (AvgIpc) is 3.06. The number of hydrogen-bond donors (Lipinski definition) is 3. The SMILES string of the molecule is CC1Sc2ccc(C(=O)NC3(c4ncn[nH]4)CCC3)cc2NC1=O. The van der Waals surface area contributed by atoms with Gasteiger partial charge in [-0.3, -0.25) is 14.7 Å². The lowest BCUT2D eigenvalue weighted by Gasteiger charge is -2.40. The lowest BCUT2D eigenvalue weighted by atomic mass is 9.76. The van der Waals surface area contributed by atoms with E-state index in [0.29, 0.717) is 17.1 Å². The molecule has 124 valence electrons. The van der Waals surface area contributed by atoms with Crippen LogP contribution in [0.2, 0.25) is 0 Å². The number of amides is 2. The van der Waals surface area contributed by atoms with Gasteiger partial charge in [0.15, 0.2) is 0 Å². The van der Waals surface area contributed by atoms with Crippen LogP contribution in [0.5, 0.6) is 0 Å². The molecule has 1 aliphatic carbocycles. The predicted molar refractivity (Wildman–Crippen MR) is 89.8 cm³/mol. The fourth-order valence-corrected chi connectivity index (χ4v) is 3.96. The zero-order chi connectivity index (χ0) is 16.7. The van der Waals surface area contributed by atoms with Crippen molar-refractivity contribution in [1.29, 1.82) is 0 Å². The zero-order valence-corrected chi connectivity index (χ0v) is 13.9. The molecule has 0 spiro atoms. The number of fused-ring (bicyclic) bond motifs is 1. The normalized spacial score (nSPS) is 21.4. The molecular formula is C16H17N5O2S. The Hall–Kier alpha value is -2.35. The fraction of sp³-hybridized carbons (Fsp3) is 0.375. The van der Waals surface area contributed by atoms with E-state index in [0.717, 1.165) is 24.2 Å². The van der Waals surface area contributed by atoms with Crippen LogP contribution >= 0.6 is 11.8 Å². The molecule has 2 aromatic rings. The molecule has 2 heterocycles. The number of H-pyrrole nitrogens is 1. The molecule has 3 N–H and O–H groups in total. The number of benzene rings is 1. The van der Waals surface area contributed by atoms with Crippen molar-refractivity contribution >= 4 is 29.3 Å². The summed E-state index contributed by atoms with van der Waals surface area (Å²) >= 11 is 1.50. The van der Waals surface area contributed by atoms with E-state index >= 15 is 0 Å². The number of carbonyl (C=O) groups is 2. The van der Waals surface area contributed by atoms with Crippen molar-refractivity contribution in [2.45, 2.75) is 41.9 Å². The second-order valence-electron chi connectivity index (χ2n) is 6.18. The van der Waals surface area contributed by atoms with Crippen molar-refractivity contribution < 1.29 is 9.59 Å². The number of nitrogens with zero attached hydrogens (tertiary/aromatic N) is 2. The van der Waals surface area contributed by atoms with Gasteiger partial charge in [-0.15, -0.1) is 11.8 Å². The quantitative estimate of drug-likeness (QED) is 0.792. The van der Waals surface area contributed by atoms with E-state index in [2.05, 4.69) is 25.8 Å². The predicted octanol–water partition coefficient (Wildman–Crippen LogP) is 2.05. The van der Waals surface area contributed by atoms with Crippen LogP contribution in [0.15, 0.2) is 29.4 Å². The molecule has 8 heteroatoms. The molecule has 1 aliphatic heterocycles. The van der Waals surface area contributed by atoms with E-state index in [9.17, 15) is 9.59 Å². The van der Waals surface area contributed by atoms with Crippen LogP contribution in [0.1, 0.15) is 42.4 Å². The lowest BCUT2D eigenvalue weighted by molar-refractivity contribution is -0.115. The Labute approximate surface area is 143 Å². The molecule has 0 radical (unpaired) electrons. The van der Waals surface area contributed by atoms with Crippen LogP contribution in [0.3, 0.4) is 0 Å². The highest BCUT2D eigenvalue weighted by Gasteiger charge is 2.43. The maximum absolute atomic E-state index is 12.7. The average molecular weight is 343 g/mol. The van der Waals surface area contributed by atoms with Crippen LogP contribution in [0.4, 0.5) is 5.69 Å². The number of thioether (sulfide) groups is 1. The van der Waals surface area contributed by atoms with Crippen molar-refractivity contribution in [2.24, 2.45) is 0 Å². The van der Waals surface area contributed by atoms with Gasteiger partial charge in [0.1, 0.15) is 12.2 Å². The van der Waals surface area contributed by atoms with E-state index in [1.54, 1.807) is 12.1 Å². The molecule has 7 nitrogen and oxygen atoms in total. The molecule has 4 rings (SSSR count). The number of aromatic amines is 1. The first-order chi connectivity index (χ1) is 11.6. The summed E-state index contributed by atoms with van der Waals surface area (Å²) in [5.74, 6) is 0.478. The van der Waals surface area contributed by atoms with Crippen LogP contribution in [-0.2, 0) is 10.3 Å². The van der Waals surface area contributed by atoms with Crippen LogP contribution in [0.25, 0.3) is 0 Å². The lowest BCUT2D eigenvalue weighted by Crippen LogP contribution is -2.51. The van der Waals surface area contributed by atoms with Gasteiger partial charge in [-0.05, 0) is 44.4 Å². The smallest absolute Gasteiger partial charge is 0.252 e. The molecular weight excluding hydrogens is 326 g/mol. The van der Waals surface area contributed by atoms with Gasteiger partial charge in [0.25, 0.3) is 5.91 Å². The van der Waals surface area contributed by atoms with Crippen molar-refractivity contribution in [2.75, 3.05) is 5.32 Å². The molecule has 1 aromatic carbocycles. The standard InChI is InChI=1S/C16H17N5O2S/c1-9-13(22)19-11-7-10(3-4-12(11)24-9)14(23)20-16(5-2-6-16)15-17-8-18-21-15/h3-4,7-9H,2,5-6H2,1H3,(H,19,22)(H,20,23)(H,17,18,21). The number of anilines is 1. The van der Waals surface area contributed by atoms with Gasteiger partial charge in [-0.1, -0.05) is 0 Å². The highest BCUT2D eigenvalue weighted by molar-refractivity contribution is 8.00. The number of carbonyl (C=O) groups excluding carboxylic acids is 2. The third kappa shape index (κ3) is 2.47. The van der Waals surface area contributed by atoms with Crippen LogP contribution < -0.4 is 10.6 Å². The summed E-state index contributed by atoms with van der Waals surface area (Å²) in [6.07, 6.45) is 4.16. The summed E-state index contributed by atoms with van der Waals surface area (Å²) in [7, 11) is 0. The first-order valence-corrected chi connectivity index (χ1v) is 8.75. The highest BCUT2D eigenvalue weighted by atomic mass is 32.2. The van der Waals surface area contributed by atoms with Crippen molar-refractivity contribution in [3.63, 3.8) is 0 Å². The van der Waals surface area contributed by atoms with Crippen molar-refractivity contribution in [3.8, 4) is 0 Å². The summed E-state index contributed by atoms with van der Waals surface area (Å²) in [5, 5.41) is 12.6. The summed E-state index contributed by atoms with van der Waals surface area (Å²) in [4.78, 5) is 29.7. The number of rotatable bonds is 3. The van der Waals surface area contributed by atoms with Crippen molar-refractivity contribution in [3.05, 3.63) is 35.9 Å². The topological polar surface area (TPSA) is 99.8 Å². The highest BCUT2D eigenvalue weighted by Crippen LogP contribution is 2.40. The summed E-state index contributed by atoms with van der Waals surface area (Å²) in [6.45, 7) is 1.86. The fourth-order valence-electron chi connectivity index (χ4n) is 3.03. The van der Waals surface area contributed by atoms with E-state index < -0.39 is 5.54 Å². The Balaban J connectivity index is 1.57. The Morgan fingerprint density at radius 2 is 2.25 bits per heavy atom. The van der Waals surface area contributed by atoms with E-state index in [1.165, 1.54) is 18.1 Å². The molecule has 2 aliphatic rings. The second-order valence-corrected chi connectivity index (χ2v) is 7.57. The Morgan fingerprint density at radius 3 is 2.92 bits per heavy atom. The van der Waals surface area contributed by atoms with Crippen LogP contribution in [0, 0.1) is 0 Å². The molecule has 1 fully saturated rings. The van der Waals surface area contributed by atoms with E-state index in [-0.39, 0.29) is 17.1 Å². The van der Waals surface area contributed by atoms with Gasteiger partial charge in [0.2, 0.25) is 5.91 Å². The molecule has 1 unspecified atom stereocenters.